The van der Waals surface area contributed by atoms with Gasteiger partial charge in [0.2, 0.25) is 5.91 Å². The molecular formula is C33H40FN3O3. The Hall–Kier alpha value is -3.45. The van der Waals surface area contributed by atoms with Crippen molar-refractivity contribution in [1.29, 1.82) is 0 Å². The number of pyridine rings is 1. The van der Waals surface area contributed by atoms with Gasteiger partial charge in [-0.1, -0.05) is 36.8 Å². The van der Waals surface area contributed by atoms with Crippen LogP contribution in [-0.4, -0.2) is 60.1 Å². The molecule has 5 rings (SSSR count). The van der Waals surface area contributed by atoms with Crippen LogP contribution >= 0.6 is 0 Å². The number of likely N-dealkylation sites (tertiary alicyclic amines) is 1. The third kappa shape index (κ3) is 7.81. The summed E-state index contributed by atoms with van der Waals surface area (Å²) < 4.78 is 25.3. The number of halogens is 1. The third-order valence-corrected chi connectivity index (χ3v) is 8.29. The van der Waals surface area contributed by atoms with Gasteiger partial charge in [-0.25, -0.2) is 4.39 Å². The van der Waals surface area contributed by atoms with Crippen LogP contribution in [0.3, 0.4) is 0 Å². The van der Waals surface area contributed by atoms with Gasteiger partial charge in [-0.15, -0.1) is 0 Å². The number of hydrogen-bond acceptors (Lipinski definition) is 5. The normalized spacial score (nSPS) is 18.2. The maximum atomic E-state index is 13.4. The number of fused-ring (bicyclic) bond motifs is 1. The number of para-hydroxylation sites is 1. The SMILES string of the molecule is O=C(CCOc1cccc(F)c1)N1CCC2(CCCCc3ccccc3OCCN(Cc3cccnc3)C2)CC1. The van der Waals surface area contributed by atoms with Gasteiger partial charge in [-0.05, 0) is 72.9 Å². The number of piperidine rings is 1. The number of aryl methyl sites for hydroxylation is 1. The van der Waals surface area contributed by atoms with E-state index in [1.165, 1.54) is 23.3 Å². The molecule has 1 amide bonds. The van der Waals surface area contributed by atoms with Crippen molar-refractivity contribution in [3.05, 3.63) is 90.0 Å². The van der Waals surface area contributed by atoms with Gasteiger partial charge in [0.25, 0.3) is 0 Å². The average molecular weight is 546 g/mol. The molecule has 1 spiro atoms. The molecule has 3 aromatic rings. The Balaban J connectivity index is 1.22. The van der Waals surface area contributed by atoms with E-state index in [4.69, 9.17) is 9.47 Å². The van der Waals surface area contributed by atoms with E-state index in [2.05, 4.69) is 40.2 Å². The van der Waals surface area contributed by atoms with Crippen LogP contribution in [0.5, 0.6) is 11.5 Å². The molecule has 1 aromatic heterocycles. The zero-order valence-electron chi connectivity index (χ0n) is 23.3. The van der Waals surface area contributed by atoms with Crippen molar-refractivity contribution < 1.29 is 18.7 Å². The number of benzene rings is 2. The first-order valence-electron chi connectivity index (χ1n) is 14.6. The highest BCUT2D eigenvalue weighted by Gasteiger charge is 2.37. The van der Waals surface area contributed by atoms with E-state index in [9.17, 15) is 9.18 Å². The van der Waals surface area contributed by atoms with Gasteiger partial charge in [0.15, 0.2) is 0 Å². The predicted molar refractivity (Wildman–Crippen MR) is 154 cm³/mol. The Morgan fingerprint density at radius 2 is 1.88 bits per heavy atom. The van der Waals surface area contributed by atoms with Crippen molar-refractivity contribution in [3.63, 3.8) is 0 Å². The fraction of sp³-hybridized carbons (Fsp3) is 0.455. The molecule has 0 atom stereocenters. The van der Waals surface area contributed by atoms with Crippen LogP contribution in [0.25, 0.3) is 0 Å². The molecule has 7 heteroatoms. The van der Waals surface area contributed by atoms with E-state index in [1.807, 2.05) is 23.4 Å². The highest BCUT2D eigenvalue weighted by Crippen LogP contribution is 2.39. The average Bonchev–Trinajstić information content (AvgIpc) is 2.96. The number of hydrogen-bond donors (Lipinski definition) is 0. The van der Waals surface area contributed by atoms with Crippen LogP contribution < -0.4 is 9.47 Å². The molecule has 2 aliphatic heterocycles. The number of carbonyl (C=O) groups excluding carboxylic acids is 1. The van der Waals surface area contributed by atoms with Gasteiger partial charge >= 0.3 is 0 Å². The number of ether oxygens (including phenoxy) is 2. The molecule has 0 unspecified atom stereocenters. The van der Waals surface area contributed by atoms with Crippen molar-refractivity contribution in [2.24, 2.45) is 5.41 Å². The van der Waals surface area contributed by atoms with Crippen LogP contribution in [-0.2, 0) is 17.8 Å². The summed E-state index contributed by atoms with van der Waals surface area (Å²) in [6.07, 6.45) is 10.5. The molecule has 212 valence electrons. The minimum absolute atomic E-state index is 0.108. The molecule has 0 radical (unpaired) electrons. The summed E-state index contributed by atoms with van der Waals surface area (Å²) in [5, 5.41) is 0. The predicted octanol–water partition coefficient (Wildman–Crippen LogP) is 5.91. The fourth-order valence-corrected chi connectivity index (χ4v) is 6.08. The maximum Gasteiger partial charge on any atom is 0.225 e. The molecule has 6 nitrogen and oxygen atoms in total. The Morgan fingerprint density at radius 1 is 1.00 bits per heavy atom. The Bertz CT molecular complexity index is 1230. The zero-order chi connectivity index (χ0) is 27.6. The molecule has 0 aliphatic carbocycles. The Kier molecular flexibility index (Phi) is 9.66. The van der Waals surface area contributed by atoms with Crippen molar-refractivity contribution >= 4 is 5.91 Å². The van der Waals surface area contributed by atoms with Crippen LogP contribution in [0, 0.1) is 11.2 Å². The van der Waals surface area contributed by atoms with Gasteiger partial charge in [-0.2, -0.15) is 0 Å². The summed E-state index contributed by atoms with van der Waals surface area (Å²) in [7, 11) is 0. The number of carbonyl (C=O) groups is 1. The number of rotatable bonds is 6. The molecule has 1 fully saturated rings. The van der Waals surface area contributed by atoms with Gasteiger partial charge in [0, 0.05) is 51.2 Å². The van der Waals surface area contributed by atoms with Crippen LogP contribution in [0.1, 0.15) is 49.7 Å². The first kappa shape index (κ1) is 28.1. The molecule has 0 N–H and O–H groups in total. The second-order valence-electron chi connectivity index (χ2n) is 11.2. The van der Waals surface area contributed by atoms with E-state index >= 15 is 0 Å². The monoisotopic (exact) mass is 545 g/mol. The highest BCUT2D eigenvalue weighted by molar-refractivity contribution is 5.76. The van der Waals surface area contributed by atoms with Crippen LogP contribution in [0.4, 0.5) is 4.39 Å². The second kappa shape index (κ2) is 13.8. The smallest absolute Gasteiger partial charge is 0.225 e. The third-order valence-electron chi connectivity index (χ3n) is 8.29. The first-order valence-corrected chi connectivity index (χ1v) is 14.6. The van der Waals surface area contributed by atoms with E-state index in [0.717, 1.165) is 77.0 Å². The fourth-order valence-electron chi connectivity index (χ4n) is 6.08. The lowest BCUT2D eigenvalue weighted by Crippen LogP contribution is -2.48. The van der Waals surface area contributed by atoms with Crippen molar-refractivity contribution in [2.45, 2.75) is 51.5 Å². The largest absolute Gasteiger partial charge is 0.493 e. The van der Waals surface area contributed by atoms with Gasteiger partial charge in [-0.3, -0.25) is 14.7 Å². The summed E-state index contributed by atoms with van der Waals surface area (Å²) in [5.41, 5.74) is 2.66. The summed E-state index contributed by atoms with van der Waals surface area (Å²) in [6.45, 7) is 5.08. The molecule has 40 heavy (non-hydrogen) atoms. The van der Waals surface area contributed by atoms with Crippen molar-refractivity contribution in [3.8, 4) is 11.5 Å². The molecule has 0 saturated carbocycles. The van der Waals surface area contributed by atoms with Crippen LogP contribution in [0.2, 0.25) is 0 Å². The van der Waals surface area contributed by atoms with E-state index in [0.29, 0.717) is 18.8 Å². The zero-order valence-corrected chi connectivity index (χ0v) is 23.3. The van der Waals surface area contributed by atoms with Crippen LogP contribution in [0.15, 0.2) is 73.1 Å². The lowest BCUT2D eigenvalue weighted by Gasteiger charge is -2.45. The first-order chi connectivity index (χ1) is 19.6. The molecule has 1 saturated heterocycles. The Labute approximate surface area is 237 Å². The standard InChI is InChI=1S/C33H40FN3O3/c34-29-10-5-11-30(23-29)39-21-13-32(38)37-18-15-33(16-19-37)14-4-3-9-28-8-1-2-12-31(28)40-22-20-36(26-33)25-27-7-6-17-35-24-27/h1-2,5-8,10-12,17,23-24H,3-4,9,13-16,18-22,25-26H2. The topological polar surface area (TPSA) is 54.9 Å². The summed E-state index contributed by atoms with van der Waals surface area (Å²) in [6, 6.07) is 18.6. The number of nitrogens with zero attached hydrogens (tertiary/aromatic N) is 3. The van der Waals surface area contributed by atoms with E-state index in [1.54, 1.807) is 12.1 Å². The van der Waals surface area contributed by atoms with Gasteiger partial charge < -0.3 is 14.4 Å². The molecule has 2 aromatic carbocycles. The lowest BCUT2D eigenvalue weighted by molar-refractivity contribution is -0.134. The molecule has 2 aliphatic rings. The minimum atomic E-state index is -0.337. The quantitative estimate of drug-likeness (QED) is 0.386. The van der Waals surface area contributed by atoms with Gasteiger partial charge in [0.1, 0.15) is 23.9 Å². The van der Waals surface area contributed by atoms with Crippen molar-refractivity contribution in [1.82, 2.24) is 14.8 Å². The van der Waals surface area contributed by atoms with Crippen molar-refractivity contribution in [2.75, 3.05) is 39.4 Å². The summed E-state index contributed by atoms with van der Waals surface area (Å²) in [5.74, 6) is 1.23. The molecule has 0 bridgehead atoms. The maximum absolute atomic E-state index is 13.4. The molecule has 3 heterocycles. The number of aromatic nitrogens is 1. The number of amides is 1. The minimum Gasteiger partial charge on any atom is -0.493 e. The summed E-state index contributed by atoms with van der Waals surface area (Å²) in [4.78, 5) is 21.8. The summed E-state index contributed by atoms with van der Waals surface area (Å²) >= 11 is 0. The van der Waals surface area contributed by atoms with E-state index in [-0.39, 0.29) is 23.7 Å². The second-order valence-corrected chi connectivity index (χ2v) is 11.2. The van der Waals surface area contributed by atoms with E-state index < -0.39 is 0 Å². The molecular weight excluding hydrogens is 505 g/mol. The Morgan fingerprint density at radius 3 is 2.70 bits per heavy atom. The highest BCUT2D eigenvalue weighted by atomic mass is 19.1. The lowest BCUT2D eigenvalue weighted by atomic mass is 9.73. The van der Waals surface area contributed by atoms with Gasteiger partial charge in [0.05, 0.1) is 13.0 Å².